The van der Waals surface area contributed by atoms with Crippen molar-refractivity contribution in [3.05, 3.63) is 17.0 Å². The van der Waals surface area contributed by atoms with Gasteiger partial charge < -0.3 is 9.64 Å². The SMILES string of the molecule is COCCN(CC(C)C)c1cc(Cl)nc(C(C)(C)C)n1. The van der Waals surface area contributed by atoms with Crippen molar-refractivity contribution in [3.8, 4) is 0 Å². The molecule has 1 aromatic rings. The Balaban J connectivity index is 3.08. The minimum Gasteiger partial charge on any atom is -0.383 e. The van der Waals surface area contributed by atoms with Crippen LogP contribution < -0.4 is 4.90 Å². The molecule has 0 aromatic carbocycles. The molecule has 1 rings (SSSR count). The lowest BCUT2D eigenvalue weighted by Gasteiger charge is -2.27. The molecule has 114 valence electrons. The van der Waals surface area contributed by atoms with Crippen molar-refractivity contribution in [1.82, 2.24) is 9.97 Å². The molecule has 1 aromatic heterocycles. The first-order valence-electron chi connectivity index (χ1n) is 7.03. The molecule has 0 fully saturated rings. The summed E-state index contributed by atoms with van der Waals surface area (Å²) < 4.78 is 5.19. The van der Waals surface area contributed by atoms with Gasteiger partial charge in [-0.05, 0) is 5.92 Å². The molecule has 0 aliphatic carbocycles. The maximum absolute atomic E-state index is 6.16. The summed E-state index contributed by atoms with van der Waals surface area (Å²) in [4.78, 5) is 11.2. The molecule has 0 radical (unpaired) electrons. The number of hydrogen-bond acceptors (Lipinski definition) is 4. The Labute approximate surface area is 127 Å². The number of rotatable bonds is 6. The van der Waals surface area contributed by atoms with Gasteiger partial charge in [0.1, 0.15) is 16.8 Å². The summed E-state index contributed by atoms with van der Waals surface area (Å²) in [5.41, 5.74) is -0.121. The van der Waals surface area contributed by atoms with Crippen LogP contribution in [0.1, 0.15) is 40.4 Å². The number of halogens is 1. The van der Waals surface area contributed by atoms with Gasteiger partial charge >= 0.3 is 0 Å². The lowest BCUT2D eigenvalue weighted by Crippen LogP contribution is -2.32. The van der Waals surface area contributed by atoms with Crippen LogP contribution >= 0.6 is 11.6 Å². The van der Waals surface area contributed by atoms with Crippen LogP contribution in [0.5, 0.6) is 0 Å². The molecular weight excluding hydrogens is 274 g/mol. The predicted molar refractivity (Wildman–Crippen MR) is 84.7 cm³/mol. The highest BCUT2D eigenvalue weighted by Crippen LogP contribution is 2.24. The summed E-state index contributed by atoms with van der Waals surface area (Å²) in [6.07, 6.45) is 0. The summed E-state index contributed by atoms with van der Waals surface area (Å²) in [5.74, 6) is 2.19. The normalized spacial score (nSPS) is 12.0. The fourth-order valence-corrected chi connectivity index (χ4v) is 2.02. The second-order valence-corrected chi connectivity index (χ2v) is 6.84. The molecule has 0 amide bonds. The fraction of sp³-hybridized carbons (Fsp3) is 0.733. The molecule has 0 bridgehead atoms. The Hall–Kier alpha value is -0.870. The Morgan fingerprint density at radius 2 is 1.95 bits per heavy atom. The Morgan fingerprint density at radius 1 is 1.30 bits per heavy atom. The largest absolute Gasteiger partial charge is 0.383 e. The fourth-order valence-electron chi connectivity index (χ4n) is 1.84. The predicted octanol–water partition coefficient (Wildman–Crippen LogP) is 3.54. The third kappa shape index (κ3) is 5.25. The average molecular weight is 300 g/mol. The summed E-state index contributed by atoms with van der Waals surface area (Å²) >= 11 is 6.16. The molecule has 0 unspecified atom stereocenters. The van der Waals surface area contributed by atoms with Crippen LogP contribution in [0.15, 0.2) is 6.07 Å². The van der Waals surface area contributed by atoms with Crippen LogP contribution in [-0.2, 0) is 10.2 Å². The number of hydrogen-bond donors (Lipinski definition) is 0. The van der Waals surface area contributed by atoms with Gasteiger partial charge in [0.2, 0.25) is 0 Å². The minimum absolute atomic E-state index is 0.121. The Bertz CT molecular complexity index is 430. The van der Waals surface area contributed by atoms with E-state index >= 15 is 0 Å². The molecule has 1 heterocycles. The molecule has 4 nitrogen and oxygen atoms in total. The van der Waals surface area contributed by atoms with E-state index in [-0.39, 0.29) is 5.41 Å². The van der Waals surface area contributed by atoms with E-state index in [2.05, 4.69) is 49.5 Å². The van der Waals surface area contributed by atoms with Gasteiger partial charge in [0, 0.05) is 31.7 Å². The molecule has 0 atom stereocenters. The highest BCUT2D eigenvalue weighted by atomic mass is 35.5. The van der Waals surface area contributed by atoms with Crippen LogP contribution in [0, 0.1) is 5.92 Å². The van der Waals surface area contributed by atoms with E-state index in [1.807, 2.05) is 6.07 Å². The van der Waals surface area contributed by atoms with Crippen molar-refractivity contribution in [3.63, 3.8) is 0 Å². The summed E-state index contributed by atoms with van der Waals surface area (Å²) in [7, 11) is 1.71. The van der Waals surface area contributed by atoms with Gasteiger partial charge in [-0.2, -0.15) is 0 Å². The number of aromatic nitrogens is 2. The number of nitrogens with zero attached hydrogens (tertiary/aromatic N) is 3. The van der Waals surface area contributed by atoms with Crippen molar-refractivity contribution >= 4 is 17.4 Å². The number of ether oxygens (including phenoxy) is 1. The maximum atomic E-state index is 6.16. The second-order valence-electron chi connectivity index (χ2n) is 6.46. The van der Waals surface area contributed by atoms with E-state index < -0.39 is 0 Å². The van der Waals surface area contributed by atoms with Gasteiger partial charge in [-0.1, -0.05) is 46.2 Å². The van der Waals surface area contributed by atoms with Crippen LogP contribution in [0.3, 0.4) is 0 Å². The zero-order valence-electron chi connectivity index (χ0n) is 13.4. The summed E-state index contributed by atoms with van der Waals surface area (Å²) in [5, 5.41) is 0.492. The molecule has 5 heteroatoms. The molecule has 0 saturated carbocycles. The third-order valence-corrected chi connectivity index (χ3v) is 3.02. The lowest BCUT2D eigenvalue weighted by atomic mass is 9.96. The first-order valence-corrected chi connectivity index (χ1v) is 7.40. The number of methoxy groups -OCH3 is 1. The van der Waals surface area contributed by atoms with Crippen molar-refractivity contribution < 1.29 is 4.74 Å². The first kappa shape index (κ1) is 17.2. The van der Waals surface area contributed by atoms with Crippen molar-refractivity contribution in [1.29, 1.82) is 0 Å². The van der Waals surface area contributed by atoms with Gasteiger partial charge in [-0.25, -0.2) is 9.97 Å². The van der Waals surface area contributed by atoms with E-state index in [0.29, 0.717) is 17.7 Å². The number of anilines is 1. The van der Waals surface area contributed by atoms with E-state index in [4.69, 9.17) is 16.3 Å². The van der Waals surface area contributed by atoms with Gasteiger partial charge in [0.05, 0.1) is 6.61 Å². The quantitative estimate of drug-likeness (QED) is 0.753. The maximum Gasteiger partial charge on any atom is 0.137 e. The van der Waals surface area contributed by atoms with E-state index in [9.17, 15) is 0 Å². The van der Waals surface area contributed by atoms with Crippen LogP contribution in [-0.4, -0.2) is 36.8 Å². The Kier molecular flexibility index (Phi) is 6.21. The molecule has 0 saturated heterocycles. The van der Waals surface area contributed by atoms with Gasteiger partial charge in [0.15, 0.2) is 0 Å². The molecular formula is C15H26ClN3O. The first-order chi connectivity index (χ1) is 9.24. The molecule has 0 aliphatic heterocycles. The zero-order valence-corrected chi connectivity index (χ0v) is 14.2. The standard InChI is InChI=1S/C15H26ClN3O/c1-11(2)10-19(7-8-20-6)13-9-12(16)17-14(18-13)15(3,4)5/h9,11H,7-8,10H2,1-6H3. The van der Waals surface area contributed by atoms with E-state index in [1.54, 1.807) is 7.11 Å². The summed E-state index contributed by atoms with van der Waals surface area (Å²) in [6.45, 7) is 13.0. The second kappa shape index (κ2) is 7.23. The topological polar surface area (TPSA) is 38.2 Å². The molecule has 0 spiro atoms. The summed E-state index contributed by atoms with van der Waals surface area (Å²) in [6, 6.07) is 1.83. The van der Waals surface area contributed by atoms with Crippen LogP contribution in [0.25, 0.3) is 0 Å². The average Bonchev–Trinajstić information content (AvgIpc) is 2.32. The molecule has 20 heavy (non-hydrogen) atoms. The van der Waals surface area contributed by atoms with Crippen molar-refractivity contribution in [2.75, 3.05) is 31.7 Å². The highest BCUT2D eigenvalue weighted by Gasteiger charge is 2.20. The van der Waals surface area contributed by atoms with Gasteiger partial charge in [-0.15, -0.1) is 0 Å². The van der Waals surface area contributed by atoms with E-state index in [0.717, 1.165) is 24.7 Å². The lowest BCUT2D eigenvalue weighted by molar-refractivity contribution is 0.204. The van der Waals surface area contributed by atoms with Gasteiger partial charge in [-0.3, -0.25) is 0 Å². The van der Waals surface area contributed by atoms with E-state index in [1.165, 1.54) is 0 Å². The van der Waals surface area contributed by atoms with Crippen molar-refractivity contribution in [2.24, 2.45) is 5.92 Å². The zero-order chi connectivity index (χ0) is 15.3. The third-order valence-electron chi connectivity index (χ3n) is 2.83. The van der Waals surface area contributed by atoms with Crippen LogP contribution in [0.2, 0.25) is 5.15 Å². The van der Waals surface area contributed by atoms with Crippen LogP contribution in [0.4, 0.5) is 5.82 Å². The molecule has 0 N–H and O–H groups in total. The van der Waals surface area contributed by atoms with Gasteiger partial charge in [0.25, 0.3) is 0 Å². The monoisotopic (exact) mass is 299 g/mol. The minimum atomic E-state index is -0.121. The van der Waals surface area contributed by atoms with Crippen molar-refractivity contribution in [2.45, 2.75) is 40.0 Å². The Morgan fingerprint density at radius 3 is 2.45 bits per heavy atom. The highest BCUT2D eigenvalue weighted by molar-refractivity contribution is 6.29. The molecule has 0 aliphatic rings. The smallest absolute Gasteiger partial charge is 0.137 e.